The van der Waals surface area contributed by atoms with Crippen molar-refractivity contribution in [3.63, 3.8) is 0 Å². The average Bonchev–Trinajstić information content (AvgIpc) is 2.40. The second-order valence-corrected chi connectivity index (χ2v) is 4.29. The maximum Gasteiger partial charge on any atom is 0.264 e. The summed E-state index contributed by atoms with van der Waals surface area (Å²) < 4.78 is 6.04. The molecule has 0 aliphatic heterocycles. The van der Waals surface area contributed by atoms with Gasteiger partial charge >= 0.3 is 0 Å². The summed E-state index contributed by atoms with van der Waals surface area (Å²) in [7, 11) is 0. The number of para-hydroxylation sites is 1. The largest absolute Gasteiger partial charge is 0.484 e. The highest BCUT2D eigenvalue weighted by Gasteiger charge is 2.05. The number of carbonyl (C=O) groups excluding carboxylic acids is 1. The molecule has 0 atom stereocenters. The summed E-state index contributed by atoms with van der Waals surface area (Å²) in [6, 6.07) is 9.12. The van der Waals surface area contributed by atoms with E-state index in [9.17, 15) is 4.79 Å². The molecule has 1 amide bonds. The average molecular weight is 308 g/mol. The lowest BCUT2D eigenvalue weighted by Gasteiger charge is -2.05. The van der Waals surface area contributed by atoms with E-state index in [1.54, 1.807) is 24.5 Å². The van der Waals surface area contributed by atoms with Gasteiger partial charge in [0.05, 0.1) is 4.47 Å². The monoisotopic (exact) mass is 307 g/mol. The molecule has 6 heteroatoms. The summed E-state index contributed by atoms with van der Waals surface area (Å²) in [5.74, 6) is 0.588. The smallest absolute Gasteiger partial charge is 0.264 e. The lowest BCUT2D eigenvalue weighted by Crippen LogP contribution is -2.21. The molecule has 0 saturated heterocycles. The summed E-state index contributed by atoms with van der Waals surface area (Å²) in [6.45, 7) is -0.0799. The van der Waals surface area contributed by atoms with Crippen LogP contribution in [0.25, 0.3) is 0 Å². The minimum Gasteiger partial charge on any atom is -0.484 e. The molecular formula is C12H10BrN3O2. The lowest BCUT2D eigenvalue weighted by atomic mass is 10.3. The molecule has 0 saturated carbocycles. The molecule has 0 aliphatic carbocycles. The fourth-order valence-electron chi connectivity index (χ4n) is 1.20. The van der Waals surface area contributed by atoms with E-state index in [1.165, 1.54) is 0 Å². The van der Waals surface area contributed by atoms with Crippen molar-refractivity contribution in [2.75, 3.05) is 11.9 Å². The molecule has 0 fully saturated rings. The Balaban J connectivity index is 1.84. The minimum atomic E-state index is -0.304. The van der Waals surface area contributed by atoms with Crippen LogP contribution < -0.4 is 10.1 Å². The zero-order valence-corrected chi connectivity index (χ0v) is 10.9. The highest BCUT2D eigenvalue weighted by atomic mass is 79.9. The number of carbonyl (C=O) groups is 1. The number of ether oxygens (including phenoxy) is 1. The molecule has 18 heavy (non-hydrogen) atoms. The Morgan fingerprint density at radius 2 is 1.89 bits per heavy atom. The molecule has 1 N–H and O–H groups in total. The van der Waals surface area contributed by atoms with Crippen molar-refractivity contribution >= 4 is 27.8 Å². The van der Waals surface area contributed by atoms with Gasteiger partial charge in [-0.05, 0) is 28.1 Å². The van der Waals surface area contributed by atoms with Crippen molar-refractivity contribution < 1.29 is 9.53 Å². The molecule has 1 aromatic heterocycles. The van der Waals surface area contributed by atoms with E-state index < -0.39 is 0 Å². The van der Waals surface area contributed by atoms with E-state index in [2.05, 4.69) is 31.2 Å². The van der Waals surface area contributed by atoms with Gasteiger partial charge in [-0.3, -0.25) is 10.1 Å². The number of nitrogens with one attached hydrogen (secondary N) is 1. The third-order valence-electron chi connectivity index (χ3n) is 1.98. The lowest BCUT2D eigenvalue weighted by molar-refractivity contribution is -0.118. The van der Waals surface area contributed by atoms with Crippen LogP contribution in [0.5, 0.6) is 5.75 Å². The number of anilines is 1. The normalized spacial score (nSPS) is 9.83. The van der Waals surface area contributed by atoms with E-state index in [-0.39, 0.29) is 18.5 Å². The molecule has 0 unspecified atom stereocenters. The first-order chi connectivity index (χ1) is 8.74. The Bertz CT molecular complexity index is 517. The number of nitrogens with zero attached hydrogens (tertiary/aromatic N) is 2. The van der Waals surface area contributed by atoms with Crippen LogP contribution in [-0.2, 0) is 4.79 Å². The standard InChI is InChI=1S/C12H10BrN3O2/c13-9-6-14-12(15-7-9)16-11(17)8-18-10-4-2-1-3-5-10/h1-7H,8H2,(H,14,15,16,17). The molecule has 1 aromatic carbocycles. The van der Waals surface area contributed by atoms with Gasteiger partial charge in [-0.1, -0.05) is 18.2 Å². The van der Waals surface area contributed by atoms with Gasteiger partial charge in [0.25, 0.3) is 5.91 Å². The molecular weight excluding hydrogens is 298 g/mol. The Morgan fingerprint density at radius 3 is 2.56 bits per heavy atom. The predicted octanol–water partition coefficient (Wildman–Crippen LogP) is 2.26. The number of amides is 1. The maximum atomic E-state index is 11.5. The molecule has 5 nitrogen and oxygen atoms in total. The van der Waals surface area contributed by atoms with Crippen LogP contribution in [-0.4, -0.2) is 22.5 Å². The first-order valence-corrected chi connectivity index (χ1v) is 5.98. The Labute approximate surface area is 112 Å². The summed E-state index contributed by atoms with van der Waals surface area (Å²) in [5, 5.41) is 2.53. The van der Waals surface area contributed by atoms with Gasteiger partial charge in [0.15, 0.2) is 6.61 Å². The number of hydrogen-bond donors (Lipinski definition) is 1. The van der Waals surface area contributed by atoms with Crippen LogP contribution >= 0.6 is 15.9 Å². The van der Waals surface area contributed by atoms with Crippen LogP contribution in [0, 0.1) is 0 Å². The predicted molar refractivity (Wildman–Crippen MR) is 70.3 cm³/mol. The van der Waals surface area contributed by atoms with Crippen molar-refractivity contribution in [2.45, 2.75) is 0 Å². The first kappa shape index (κ1) is 12.5. The summed E-state index contributed by atoms with van der Waals surface area (Å²) >= 11 is 3.21. The first-order valence-electron chi connectivity index (χ1n) is 5.19. The van der Waals surface area contributed by atoms with Gasteiger partial charge in [-0.2, -0.15) is 0 Å². The zero-order valence-electron chi connectivity index (χ0n) is 9.34. The van der Waals surface area contributed by atoms with E-state index in [0.717, 1.165) is 4.47 Å². The number of aromatic nitrogens is 2. The van der Waals surface area contributed by atoms with Crippen molar-refractivity contribution in [3.05, 3.63) is 47.2 Å². The number of halogens is 1. The maximum absolute atomic E-state index is 11.5. The number of hydrogen-bond acceptors (Lipinski definition) is 4. The van der Waals surface area contributed by atoms with E-state index in [0.29, 0.717) is 5.75 Å². The zero-order chi connectivity index (χ0) is 12.8. The van der Waals surface area contributed by atoms with Gasteiger partial charge in [-0.25, -0.2) is 9.97 Å². The van der Waals surface area contributed by atoms with Gasteiger partial charge in [0.2, 0.25) is 5.95 Å². The van der Waals surface area contributed by atoms with E-state index in [1.807, 2.05) is 18.2 Å². The molecule has 2 rings (SSSR count). The van der Waals surface area contributed by atoms with Crippen molar-refractivity contribution in [1.29, 1.82) is 0 Å². The molecule has 92 valence electrons. The third kappa shape index (κ3) is 3.81. The molecule has 0 radical (unpaired) electrons. The topological polar surface area (TPSA) is 64.1 Å². The minimum absolute atomic E-state index is 0.0799. The summed E-state index contributed by atoms with van der Waals surface area (Å²) in [5.41, 5.74) is 0. The van der Waals surface area contributed by atoms with Gasteiger partial charge in [0.1, 0.15) is 5.75 Å². The molecule has 0 spiro atoms. The molecule has 0 bridgehead atoms. The number of rotatable bonds is 4. The second kappa shape index (κ2) is 6.11. The fourth-order valence-corrected chi connectivity index (χ4v) is 1.41. The summed E-state index contributed by atoms with van der Waals surface area (Å²) in [6.07, 6.45) is 3.11. The van der Waals surface area contributed by atoms with Crippen molar-refractivity contribution in [1.82, 2.24) is 9.97 Å². The highest BCUT2D eigenvalue weighted by Crippen LogP contribution is 2.09. The molecule has 2 aromatic rings. The van der Waals surface area contributed by atoms with Crippen LogP contribution in [0.4, 0.5) is 5.95 Å². The Hall–Kier alpha value is -1.95. The van der Waals surface area contributed by atoms with Crippen molar-refractivity contribution in [2.24, 2.45) is 0 Å². The van der Waals surface area contributed by atoms with E-state index >= 15 is 0 Å². The summed E-state index contributed by atoms with van der Waals surface area (Å²) in [4.78, 5) is 19.4. The van der Waals surface area contributed by atoms with Crippen LogP contribution in [0.15, 0.2) is 47.2 Å². The van der Waals surface area contributed by atoms with Gasteiger partial charge in [-0.15, -0.1) is 0 Å². The van der Waals surface area contributed by atoms with Crippen LogP contribution in [0.2, 0.25) is 0 Å². The number of benzene rings is 1. The Morgan fingerprint density at radius 1 is 1.22 bits per heavy atom. The molecule has 1 heterocycles. The Kier molecular flexibility index (Phi) is 4.25. The highest BCUT2D eigenvalue weighted by molar-refractivity contribution is 9.10. The van der Waals surface area contributed by atoms with Crippen LogP contribution in [0.3, 0.4) is 0 Å². The second-order valence-electron chi connectivity index (χ2n) is 3.37. The van der Waals surface area contributed by atoms with E-state index in [4.69, 9.17) is 4.74 Å². The molecule has 0 aliphatic rings. The SMILES string of the molecule is O=C(COc1ccccc1)Nc1ncc(Br)cn1. The van der Waals surface area contributed by atoms with Crippen molar-refractivity contribution in [3.8, 4) is 5.75 Å². The quantitative estimate of drug-likeness (QED) is 0.941. The fraction of sp³-hybridized carbons (Fsp3) is 0.0833. The van der Waals surface area contributed by atoms with Crippen LogP contribution in [0.1, 0.15) is 0 Å². The van der Waals surface area contributed by atoms with Gasteiger partial charge in [0, 0.05) is 12.4 Å². The third-order valence-corrected chi connectivity index (χ3v) is 2.39. The van der Waals surface area contributed by atoms with Gasteiger partial charge < -0.3 is 4.74 Å².